The molecule has 7 heteroatoms. The maximum Gasteiger partial charge on any atom is 0.295 e. The summed E-state index contributed by atoms with van der Waals surface area (Å²) in [5.41, 5.74) is 2.23. The van der Waals surface area contributed by atoms with Crippen molar-refractivity contribution in [1.82, 2.24) is 4.90 Å². The van der Waals surface area contributed by atoms with Gasteiger partial charge in [-0.1, -0.05) is 54.6 Å². The second-order valence-electron chi connectivity index (χ2n) is 8.87. The number of hydrogen-bond acceptors (Lipinski definition) is 5. The van der Waals surface area contributed by atoms with Crippen LogP contribution in [0.2, 0.25) is 0 Å². The maximum absolute atomic E-state index is 13.5. The Balaban J connectivity index is 1.67. The number of amides is 1. The fraction of sp³-hybridized carbons (Fsp3) is 0.407. The Bertz CT molecular complexity index is 1040. The first kappa shape index (κ1) is 24.0. The number of aryl methyl sites for hydroxylation is 1. The number of Topliss-reactive ketones (excluding diaryl/α,β-unsaturated/α-hetero) is 1. The lowest BCUT2D eigenvalue weighted by atomic mass is 9.94. The smallest absolute Gasteiger partial charge is 0.295 e. The highest BCUT2D eigenvalue weighted by Crippen LogP contribution is 2.38. The molecule has 2 aliphatic rings. The van der Waals surface area contributed by atoms with Crippen LogP contribution in [-0.2, 0) is 14.3 Å². The fourth-order valence-corrected chi connectivity index (χ4v) is 4.46. The minimum absolute atomic E-state index is 0.0213. The van der Waals surface area contributed by atoms with Gasteiger partial charge in [0.1, 0.15) is 18.8 Å². The molecular weight excluding hydrogens is 432 g/mol. The lowest BCUT2D eigenvalue weighted by Crippen LogP contribution is -3.14. The quantitative estimate of drug-likeness (QED) is 0.357. The van der Waals surface area contributed by atoms with Gasteiger partial charge in [0.05, 0.1) is 39.0 Å². The second kappa shape index (κ2) is 10.8. The van der Waals surface area contributed by atoms with E-state index in [4.69, 9.17) is 9.47 Å². The van der Waals surface area contributed by atoms with Crippen molar-refractivity contribution in [3.63, 3.8) is 0 Å². The number of carbonyl (C=O) groups excluding carboxylic acids is 2. The molecule has 7 nitrogen and oxygen atoms in total. The molecule has 1 amide bonds. The average molecular weight is 465 g/mol. The van der Waals surface area contributed by atoms with Gasteiger partial charge in [-0.25, -0.2) is 0 Å². The van der Waals surface area contributed by atoms with Crippen LogP contribution < -0.4 is 14.7 Å². The lowest BCUT2D eigenvalue weighted by Gasteiger charge is -2.30. The second-order valence-corrected chi connectivity index (χ2v) is 8.87. The molecule has 34 heavy (non-hydrogen) atoms. The summed E-state index contributed by atoms with van der Waals surface area (Å²) in [5.74, 6) is -1.06. The molecule has 0 radical (unpaired) electrons. The third-order valence-electron chi connectivity index (χ3n) is 6.42. The van der Waals surface area contributed by atoms with Gasteiger partial charge in [0.25, 0.3) is 5.91 Å². The van der Waals surface area contributed by atoms with E-state index in [1.54, 1.807) is 29.2 Å². The molecule has 180 valence electrons. The number of carbonyl (C=O) groups is 2. The van der Waals surface area contributed by atoms with E-state index in [-0.39, 0.29) is 5.57 Å². The SMILES string of the molecule is CCCOc1ccc(C([O-])=C2C(=O)C(=O)N(CC[NH+]3CCOCC3)C2c2ccc(C)cc2)cc1. The summed E-state index contributed by atoms with van der Waals surface area (Å²) in [6.07, 6.45) is 0.884. The van der Waals surface area contributed by atoms with Gasteiger partial charge in [-0.15, -0.1) is 0 Å². The van der Waals surface area contributed by atoms with Crippen molar-refractivity contribution in [2.75, 3.05) is 46.0 Å². The molecule has 4 rings (SSSR count). The Labute approximate surface area is 200 Å². The molecular formula is C27H32N2O5. The van der Waals surface area contributed by atoms with E-state index in [2.05, 4.69) is 0 Å². The van der Waals surface area contributed by atoms with Crippen LogP contribution in [-0.4, -0.2) is 62.6 Å². The van der Waals surface area contributed by atoms with Crippen LogP contribution in [0.5, 0.6) is 5.75 Å². The third kappa shape index (κ3) is 5.16. The molecule has 2 aliphatic heterocycles. The predicted molar refractivity (Wildman–Crippen MR) is 126 cm³/mol. The largest absolute Gasteiger partial charge is 0.872 e. The van der Waals surface area contributed by atoms with E-state index in [0.717, 1.165) is 30.6 Å². The normalized spacial score (nSPS) is 20.6. The monoisotopic (exact) mass is 464 g/mol. The molecule has 2 aromatic rings. The average Bonchev–Trinajstić information content (AvgIpc) is 3.12. The molecule has 2 heterocycles. The standard InChI is InChI=1S/C27H32N2O5/c1-3-16-34-22-10-8-21(9-11-22)25(30)23-24(20-6-4-19(2)5-7-20)29(27(32)26(23)31)13-12-28-14-17-33-18-15-28/h4-11,24,30H,3,12-18H2,1-2H3. The summed E-state index contributed by atoms with van der Waals surface area (Å²) in [6, 6.07) is 13.8. The van der Waals surface area contributed by atoms with Crippen molar-refractivity contribution in [3.05, 3.63) is 70.8 Å². The van der Waals surface area contributed by atoms with Gasteiger partial charge < -0.3 is 24.4 Å². The first-order valence-electron chi connectivity index (χ1n) is 12.0. The van der Waals surface area contributed by atoms with Gasteiger partial charge >= 0.3 is 0 Å². The summed E-state index contributed by atoms with van der Waals surface area (Å²) in [5, 5.41) is 13.5. The van der Waals surface area contributed by atoms with E-state index < -0.39 is 23.5 Å². The number of morpholine rings is 1. The lowest BCUT2D eigenvalue weighted by molar-refractivity contribution is -0.907. The van der Waals surface area contributed by atoms with Gasteiger partial charge in [-0.3, -0.25) is 9.59 Å². The molecule has 0 aromatic heterocycles. The highest BCUT2D eigenvalue weighted by atomic mass is 16.5. The zero-order valence-corrected chi connectivity index (χ0v) is 19.8. The predicted octanol–water partition coefficient (Wildman–Crippen LogP) is 0.923. The highest BCUT2D eigenvalue weighted by Gasteiger charge is 2.44. The number of nitrogens with one attached hydrogen (secondary N) is 1. The minimum atomic E-state index is -0.709. The number of hydrogen-bond donors (Lipinski definition) is 1. The van der Waals surface area contributed by atoms with Gasteiger partial charge in [0.15, 0.2) is 0 Å². The van der Waals surface area contributed by atoms with Crippen molar-refractivity contribution in [2.45, 2.75) is 26.3 Å². The van der Waals surface area contributed by atoms with Crippen molar-refractivity contribution in [1.29, 1.82) is 0 Å². The summed E-state index contributed by atoms with van der Waals surface area (Å²) in [4.78, 5) is 29.1. The molecule has 1 atom stereocenters. The van der Waals surface area contributed by atoms with Crippen LogP contribution in [0, 0.1) is 6.92 Å². The minimum Gasteiger partial charge on any atom is -0.872 e. The molecule has 0 spiro atoms. The molecule has 1 unspecified atom stereocenters. The zero-order chi connectivity index (χ0) is 24.1. The van der Waals surface area contributed by atoms with Gasteiger partial charge in [-0.2, -0.15) is 0 Å². The number of rotatable bonds is 8. The van der Waals surface area contributed by atoms with Gasteiger partial charge in [0, 0.05) is 5.57 Å². The topological polar surface area (TPSA) is 83.3 Å². The Morgan fingerprint density at radius 1 is 1.09 bits per heavy atom. The molecule has 2 fully saturated rings. The number of nitrogens with zero attached hydrogens (tertiary/aromatic N) is 1. The van der Waals surface area contributed by atoms with E-state index in [1.807, 2.05) is 38.1 Å². The van der Waals surface area contributed by atoms with Crippen molar-refractivity contribution < 1.29 is 29.1 Å². The van der Waals surface area contributed by atoms with Gasteiger partial charge in [0.2, 0.25) is 5.78 Å². The summed E-state index contributed by atoms with van der Waals surface area (Å²) < 4.78 is 11.0. The number of ketones is 1. The Morgan fingerprint density at radius 3 is 2.41 bits per heavy atom. The summed E-state index contributed by atoms with van der Waals surface area (Å²) in [6.45, 7) is 8.82. The van der Waals surface area contributed by atoms with E-state index >= 15 is 0 Å². The third-order valence-corrected chi connectivity index (χ3v) is 6.42. The van der Waals surface area contributed by atoms with Crippen LogP contribution in [0.15, 0.2) is 54.1 Å². The molecule has 1 N–H and O–H groups in total. The van der Waals surface area contributed by atoms with E-state index in [1.165, 1.54) is 4.90 Å². The molecule has 0 saturated carbocycles. The van der Waals surface area contributed by atoms with E-state index in [9.17, 15) is 14.7 Å². The van der Waals surface area contributed by atoms with Crippen LogP contribution in [0.4, 0.5) is 0 Å². The van der Waals surface area contributed by atoms with Crippen molar-refractivity contribution in [2.24, 2.45) is 0 Å². The number of benzene rings is 2. The molecule has 2 aromatic carbocycles. The molecule has 0 aliphatic carbocycles. The first-order chi connectivity index (χ1) is 16.5. The van der Waals surface area contributed by atoms with E-state index in [0.29, 0.717) is 44.2 Å². The molecule has 0 bridgehead atoms. The number of ether oxygens (including phenoxy) is 2. The maximum atomic E-state index is 13.5. The van der Waals surface area contributed by atoms with Crippen LogP contribution >= 0.6 is 0 Å². The first-order valence-corrected chi connectivity index (χ1v) is 12.0. The van der Waals surface area contributed by atoms with Crippen LogP contribution in [0.3, 0.4) is 0 Å². The number of quaternary nitrogens is 1. The van der Waals surface area contributed by atoms with Gasteiger partial charge in [-0.05, 0) is 36.6 Å². The van der Waals surface area contributed by atoms with Crippen LogP contribution in [0.25, 0.3) is 5.76 Å². The molecule has 2 saturated heterocycles. The van der Waals surface area contributed by atoms with Crippen molar-refractivity contribution in [3.8, 4) is 5.75 Å². The highest BCUT2D eigenvalue weighted by molar-refractivity contribution is 6.46. The Morgan fingerprint density at radius 2 is 1.76 bits per heavy atom. The Kier molecular flexibility index (Phi) is 7.65. The summed E-state index contributed by atoms with van der Waals surface area (Å²) >= 11 is 0. The number of likely N-dealkylation sites (tertiary alicyclic amines) is 1. The summed E-state index contributed by atoms with van der Waals surface area (Å²) in [7, 11) is 0. The Hall–Kier alpha value is -3.16. The zero-order valence-electron chi connectivity index (χ0n) is 19.8. The van der Waals surface area contributed by atoms with Crippen LogP contribution in [0.1, 0.15) is 36.1 Å². The fourth-order valence-electron chi connectivity index (χ4n) is 4.46. The van der Waals surface area contributed by atoms with Crippen molar-refractivity contribution >= 4 is 17.4 Å².